The molecule has 0 fully saturated rings. The Kier molecular flexibility index (Phi) is 3.84. The maximum Gasteiger partial charge on any atom is 0.343 e. The molecule has 0 spiro atoms. The van der Waals surface area contributed by atoms with Gasteiger partial charge >= 0.3 is 5.97 Å². The van der Waals surface area contributed by atoms with Crippen molar-refractivity contribution in [3.8, 4) is 17.1 Å². The van der Waals surface area contributed by atoms with Crippen LogP contribution in [0.5, 0.6) is 5.88 Å². The minimum Gasteiger partial charge on any atom is -0.481 e. The van der Waals surface area contributed by atoms with Crippen LogP contribution in [0.4, 0.5) is 0 Å². The van der Waals surface area contributed by atoms with E-state index in [0.29, 0.717) is 22.9 Å². The minimum absolute atomic E-state index is 0.265. The van der Waals surface area contributed by atoms with Crippen molar-refractivity contribution < 1.29 is 18.8 Å². The van der Waals surface area contributed by atoms with Crippen LogP contribution in [0.2, 0.25) is 0 Å². The predicted octanol–water partition coefficient (Wildman–Crippen LogP) is 2.60. The van der Waals surface area contributed by atoms with E-state index in [1.807, 2.05) is 0 Å². The Labute approximate surface area is 117 Å². The number of rotatable bonds is 3. The molecule has 6 nitrogen and oxygen atoms in total. The lowest BCUT2D eigenvalue weighted by Crippen LogP contribution is -2.04. The number of carbonyl (C=O) groups excluding carboxylic acids is 1. The van der Waals surface area contributed by atoms with Gasteiger partial charge in [0.2, 0.25) is 5.88 Å². The second-order valence-electron chi connectivity index (χ2n) is 3.66. The molecule has 100 valence electrons. The number of carbonyl (C=O) groups is 1. The van der Waals surface area contributed by atoms with Gasteiger partial charge in [-0.05, 0) is 28.9 Å². The van der Waals surface area contributed by atoms with E-state index in [1.54, 1.807) is 19.2 Å². The molecule has 7 heteroatoms. The van der Waals surface area contributed by atoms with Crippen LogP contribution >= 0.6 is 15.9 Å². The van der Waals surface area contributed by atoms with Crippen LogP contribution in [0.25, 0.3) is 11.3 Å². The van der Waals surface area contributed by atoms with E-state index >= 15 is 0 Å². The van der Waals surface area contributed by atoms with Crippen molar-refractivity contribution in [2.24, 2.45) is 0 Å². The molecule has 0 aliphatic carbocycles. The maximum absolute atomic E-state index is 11.8. The largest absolute Gasteiger partial charge is 0.481 e. The molecule has 0 N–H and O–H groups in total. The molecule has 0 atom stereocenters. The van der Waals surface area contributed by atoms with Crippen molar-refractivity contribution in [2.45, 2.75) is 6.92 Å². The van der Waals surface area contributed by atoms with Crippen LogP contribution in [0.15, 0.2) is 21.3 Å². The lowest BCUT2D eigenvalue weighted by atomic mass is 10.1. The van der Waals surface area contributed by atoms with Gasteiger partial charge in [-0.1, -0.05) is 5.16 Å². The number of halogens is 1. The number of hydrogen-bond donors (Lipinski definition) is 0. The molecular formula is C12H11BrN2O4. The number of esters is 1. The summed E-state index contributed by atoms with van der Waals surface area (Å²) in [5.41, 5.74) is 1.16. The first-order valence-electron chi connectivity index (χ1n) is 5.33. The molecule has 0 saturated carbocycles. The number of ether oxygens (including phenoxy) is 2. The standard InChI is InChI=1S/C12H11BrN2O4/c1-6-9(12(16)18-3)10(15-19-6)8-4-7(13)5-14-11(8)17-2/h4-5H,1-3H3. The van der Waals surface area contributed by atoms with Crippen LogP contribution < -0.4 is 4.74 Å². The number of aromatic nitrogens is 2. The summed E-state index contributed by atoms with van der Waals surface area (Å²) in [6.07, 6.45) is 1.59. The van der Waals surface area contributed by atoms with Gasteiger partial charge in [0.15, 0.2) is 0 Å². The van der Waals surface area contributed by atoms with Crippen LogP contribution in [0.3, 0.4) is 0 Å². The fourth-order valence-electron chi connectivity index (χ4n) is 1.66. The first-order valence-corrected chi connectivity index (χ1v) is 6.12. The molecule has 0 radical (unpaired) electrons. The van der Waals surface area contributed by atoms with Gasteiger partial charge in [0.25, 0.3) is 0 Å². The van der Waals surface area contributed by atoms with Crippen molar-refractivity contribution in [1.29, 1.82) is 0 Å². The third-order valence-corrected chi connectivity index (χ3v) is 2.95. The molecular weight excluding hydrogens is 316 g/mol. The fraction of sp³-hybridized carbons (Fsp3) is 0.250. The zero-order valence-corrected chi connectivity index (χ0v) is 12.1. The average Bonchev–Trinajstić information content (AvgIpc) is 2.79. The smallest absolute Gasteiger partial charge is 0.343 e. The third kappa shape index (κ3) is 2.46. The number of hydrogen-bond acceptors (Lipinski definition) is 6. The minimum atomic E-state index is -0.518. The highest BCUT2D eigenvalue weighted by Crippen LogP contribution is 2.33. The van der Waals surface area contributed by atoms with E-state index in [4.69, 9.17) is 14.0 Å². The summed E-state index contributed by atoms with van der Waals surface area (Å²) in [6, 6.07) is 1.75. The second kappa shape index (κ2) is 5.40. The van der Waals surface area contributed by atoms with Gasteiger partial charge in [-0.25, -0.2) is 9.78 Å². The van der Waals surface area contributed by atoms with Gasteiger partial charge in [0.1, 0.15) is 17.0 Å². The third-order valence-electron chi connectivity index (χ3n) is 2.52. The lowest BCUT2D eigenvalue weighted by molar-refractivity contribution is 0.0599. The zero-order valence-electron chi connectivity index (χ0n) is 10.6. The quantitative estimate of drug-likeness (QED) is 0.807. The van der Waals surface area contributed by atoms with Gasteiger partial charge < -0.3 is 14.0 Å². The highest BCUT2D eigenvalue weighted by Gasteiger charge is 2.25. The van der Waals surface area contributed by atoms with E-state index in [2.05, 4.69) is 26.1 Å². The Balaban J connectivity index is 2.65. The summed E-state index contributed by atoms with van der Waals surface area (Å²) in [6.45, 7) is 1.64. The van der Waals surface area contributed by atoms with Crippen LogP contribution in [-0.2, 0) is 4.74 Å². The Morgan fingerprint density at radius 2 is 2.16 bits per heavy atom. The van der Waals surface area contributed by atoms with Crippen molar-refractivity contribution >= 4 is 21.9 Å². The summed E-state index contributed by atoms with van der Waals surface area (Å²) >= 11 is 3.32. The monoisotopic (exact) mass is 326 g/mol. The number of nitrogens with zero attached hydrogens (tertiary/aromatic N) is 2. The van der Waals surface area contributed by atoms with Crippen molar-refractivity contribution in [3.63, 3.8) is 0 Å². The van der Waals surface area contributed by atoms with E-state index in [1.165, 1.54) is 14.2 Å². The zero-order chi connectivity index (χ0) is 14.0. The molecule has 19 heavy (non-hydrogen) atoms. The van der Waals surface area contributed by atoms with E-state index in [9.17, 15) is 4.79 Å². The molecule has 0 aliphatic heterocycles. The van der Waals surface area contributed by atoms with Crippen LogP contribution in [0.1, 0.15) is 16.1 Å². The van der Waals surface area contributed by atoms with Crippen molar-refractivity contribution in [1.82, 2.24) is 10.1 Å². The molecule has 0 aromatic carbocycles. The van der Waals surface area contributed by atoms with Crippen LogP contribution in [-0.4, -0.2) is 30.3 Å². The molecule has 2 aromatic heterocycles. The van der Waals surface area contributed by atoms with E-state index < -0.39 is 5.97 Å². The molecule has 0 aliphatic rings. The van der Waals surface area contributed by atoms with Gasteiger partial charge in [0.05, 0.1) is 19.8 Å². The molecule has 0 amide bonds. The average molecular weight is 327 g/mol. The fourth-order valence-corrected chi connectivity index (χ4v) is 1.99. The topological polar surface area (TPSA) is 74.5 Å². The molecule has 0 unspecified atom stereocenters. The van der Waals surface area contributed by atoms with Gasteiger partial charge in [-0.3, -0.25) is 0 Å². The Morgan fingerprint density at radius 3 is 2.79 bits per heavy atom. The highest BCUT2D eigenvalue weighted by molar-refractivity contribution is 9.10. The Morgan fingerprint density at radius 1 is 1.42 bits per heavy atom. The molecule has 2 heterocycles. The summed E-state index contributed by atoms with van der Waals surface area (Å²) < 4.78 is 15.7. The van der Waals surface area contributed by atoms with E-state index in [-0.39, 0.29) is 5.56 Å². The highest BCUT2D eigenvalue weighted by atomic mass is 79.9. The molecule has 2 rings (SSSR count). The first-order chi connectivity index (χ1) is 9.08. The SMILES string of the molecule is COC(=O)c1c(-c2cc(Br)cnc2OC)noc1C. The maximum atomic E-state index is 11.8. The van der Waals surface area contributed by atoms with E-state index in [0.717, 1.165) is 4.47 Å². The first kappa shape index (κ1) is 13.5. The summed E-state index contributed by atoms with van der Waals surface area (Å²) in [7, 11) is 2.79. The summed E-state index contributed by atoms with van der Waals surface area (Å²) in [4.78, 5) is 15.9. The summed E-state index contributed by atoms with van der Waals surface area (Å²) in [5, 5.41) is 3.89. The lowest BCUT2D eigenvalue weighted by Gasteiger charge is -2.06. The number of pyridine rings is 1. The molecule has 0 saturated heterocycles. The van der Waals surface area contributed by atoms with Crippen LogP contribution in [0, 0.1) is 6.92 Å². The number of methoxy groups -OCH3 is 2. The normalized spacial score (nSPS) is 10.3. The molecule has 2 aromatic rings. The number of aryl methyl sites for hydroxylation is 1. The second-order valence-corrected chi connectivity index (χ2v) is 4.58. The Hall–Kier alpha value is -1.89. The van der Waals surface area contributed by atoms with Gasteiger partial charge in [0, 0.05) is 10.7 Å². The van der Waals surface area contributed by atoms with Gasteiger partial charge in [-0.2, -0.15) is 0 Å². The predicted molar refractivity (Wildman–Crippen MR) is 70.1 cm³/mol. The van der Waals surface area contributed by atoms with Crippen molar-refractivity contribution in [2.75, 3.05) is 14.2 Å². The van der Waals surface area contributed by atoms with Crippen molar-refractivity contribution in [3.05, 3.63) is 28.1 Å². The van der Waals surface area contributed by atoms with Gasteiger partial charge in [-0.15, -0.1) is 0 Å². The Bertz CT molecular complexity index is 624. The molecule has 0 bridgehead atoms. The summed E-state index contributed by atoms with van der Waals surface area (Å²) in [5.74, 6) is 0.210.